The van der Waals surface area contributed by atoms with Crippen LogP contribution >= 0.6 is 0 Å². The maximum Gasteiger partial charge on any atom is 0.331 e. The third-order valence-corrected chi connectivity index (χ3v) is 6.16. The van der Waals surface area contributed by atoms with Crippen molar-refractivity contribution in [1.82, 2.24) is 10.6 Å². The normalized spacial score (nSPS) is 30.4. The Bertz CT molecular complexity index is 774. The highest BCUT2D eigenvalue weighted by molar-refractivity contribution is 5.96. The SMILES string of the molecule is Cc1ccc(/C=C/C(=O)OCC(=O)NC(=O)NC23CC4CC(CC(C4)C2)C3)o1. The molecule has 0 aliphatic heterocycles. The molecule has 4 bridgehead atoms. The zero-order valence-corrected chi connectivity index (χ0v) is 16.0. The Hall–Kier alpha value is -2.57. The van der Waals surface area contributed by atoms with E-state index in [-0.39, 0.29) is 5.54 Å². The van der Waals surface area contributed by atoms with Crippen molar-refractivity contribution >= 4 is 24.0 Å². The summed E-state index contributed by atoms with van der Waals surface area (Å²) in [6.45, 7) is 1.29. The second-order valence-electron chi connectivity index (χ2n) is 8.59. The van der Waals surface area contributed by atoms with E-state index in [1.54, 1.807) is 19.1 Å². The van der Waals surface area contributed by atoms with E-state index in [2.05, 4.69) is 10.6 Å². The number of ether oxygens (including phenoxy) is 1. The van der Waals surface area contributed by atoms with E-state index in [1.807, 2.05) is 0 Å². The Balaban J connectivity index is 1.21. The number of hydrogen-bond acceptors (Lipinski definition) is 5. The topological polar surface area (TPSA) is 97.6 Å². The molecule has 0 spiro atoms. The third-order valence-electron chi connectivity index (χ3n) is 6.16. The highest BCUT2D eigenvalue weighted by Crippen LogP contribution is 2.55. The molecule has 7 heteroatoms. The first kappa shape index (κ1) is 18.8. The van der Waals surface area contributed by atoms with Crippen LogP contribution in [-0.2, 0) is 14.3 Å². The average molecular weight is 386 g/mol. The number of hydrogen-bond donors (Lipinski definition) is 2. The molecule has 1 aromatic rings. The van der Waals surface area contributed by atoms with Crippen molar-refractivity contribution in [2.75, 3.05) is 6.61 Å². The van der Waals surface area contributed by atoms with Gasteiger partial charge in [0.15, 0.2) is 6.61 Å². The molecule has 0 atom stereocenters. The summed E-state index contributed by atoms with van der Waals surface area (Å²) in [7, 11) is 0. The number of carbonyl (C=O) groups excluding carboxylic acids is 3. The minimum atomic E-state index is -0.675. The van der Waals surface area contributed by atoms with E-state index < -0.39 is 24.5 Å². The Morgan fingerprint density at radius 2 is 1.79 bits per heavy atom. The van der Waals surface area contributed by atoms with Crippen molar-refractivity contribution in [3.05, 3.63) is 29.7 Å². The number of aryl methyl sites for hydroxylation is 1. The summed E-state index contributed by atoms with van der Waals surface area (Å²) < 4.78 is 10.2. The molecule has 28 heavy (non-hydrogen) atoms. The van der Waals surface area contributed by atoms with E-state index in [0.29, 0.717) is 23.5 Å². The largest absolute Gasteiger partial charge is 0.462 e. The second-order valence-corrected chi connectivity index (χ2v) is 8.59. The van der Waals surface area contributed by atoms with Crippen LogP contribution in [0.4, 0.5) is 4.79 Å². The summed E-state index contributed by atoms with van der Waals surface area (Å²) in [5, 5.41) is 5.33. The molecule has 1 aromatic heterocycles. The molecule has 7 nitrogen and oxygen atoms in total. The number of esters is 1. The van der Waals surface area contributed by atoms with E-state index in [9.17, 15) is 14.4 Å². The molecule has 0 aromatic carbocycles. The maximum absolute atomic E-state index is 12.3. The number of carbonyl (C=O) groups is 3. The van der Waals surface area contributed by atoms with E-state index in [0.717, 1.165) is 25.0 Å². The third kappa shape index (κ3) is 4.29. The molecule has 3 amide bonds. The lowest BCUT2D eigenvalue weighted by Crippen LogP contribution is -2.62. The first-order chi connectivity index (χ1) is 13.4. The van der Waals surface area contributed by atoms with E-state index in [1.165, 1.54) is 31.4 Å². The fourth-order valence-corrected chi connectivity index (χ4v) is 5.58. The van der Waals surface area contributed by atoms with Gasteiger partial charge >= 0.3 is 12.0 Å². The van der Waals surface area contributed by atoms with Crippen molar-refractivity contribution in [3.8, 4) is 0 Å². The van der Waals surface area contributed by atoms with Crippen molar-refractivity contribution in [2.45, 2.75) is 51.0 Å². The van der Waals surface area contributed by atoms with Gasteiger partial charge in [-0.25, -0.2) is 9.59 Å². The van der Waals surface area contributed by atoms with Crippen LogP contribution in [0.5, 0.6) is 0 Å². The van der Waals surface area contributed by atoms with Gasteiger partial charge in [-0.1, -0.05) is 0 Å². The summed E-state index contributed by atoms with van der Waals surface area (Å²) in [4.78, 5) is 35.9. The van der Waals surface area contributed by atoms with Gasteiger partial charge in [-0.2, -0.15) is 0 Å². The average Bonchev–Trinajstić information content (AvgIpc) is 3.01. The highest BCUT2D eigenvalue weighted by atomic mass is 16.5. The molecule has 4 aliphatic rings. The van der Waals surface area contributed by atoms with Crippen molar-refractivity contribution in [2.24, 2.45) is 17.8 Å². The van der Waals surface area contributed by atoms with Crippen LogP contribution in [0.2, 0.25) is 0 Å². The first-order valence-corrected chi connectivity index (χ1v) is 9.92. The molecule has 4 fully saturated rings. The van der Waals surface area contributed by atoms with Crippen LogP contribution in [0.25, 0.3) is 6.08 Å². The number of imide groups is 1. The van der Waals surface area contributed by atoms with Gasteiger partial charge in [-0.05, 0) is 81.4 Å². The Morgan fingerprint density at radius 1 is 1.14 bits per heavy atom. The number of furan rings is 1. The van der Waals surface area contributed by atoms with Gasteiger partial charge in [-0.3, -0.25) is 10.1 Å². The van der Waals surface area contributed by atoms with Crippen molar-refractivity contribution in [3.63, 3.8) is 0 Å². The number of amides is 3. The van der Waals surface area contributed by atoms with Crippen LogP contribution in [0, 0.1) is 24.7 Å². The molecule has 0 radical (unpaired) electrons. The standard InChI is InChI=1S/C21H26N2O5/c1-13-2-3-17(28-13)4-5-19(25)27-12-18(24)22-20(26)23-21-9-14-6-15(10-21)8-16(7-14)11-21/h2-5,14-16H,6-12H2,1H3,(H2,22,23,24,26)/b5-4+. The molecule has 2 N–H and O–H groups in total. The smallest absolute Gasteiger partial charge is 0.331 e. The molecule has 150 valence electrons. The van der Waals surface area contributed by atoms with Crippen LogP contribution < -0.4 is 10.6 Å². The summed E-state index contributed by atoms with van der Waals surface area (Å²) in [6, 6.07) is 3.01. The lowest BCUT2D eigenvalue weighted by molar-refractivity contribution is -0.143. The fraction of sp³-hybridized carbons (Fsp3) is 0.571. The summed E-state index contributed by atoms with van der Waals surface area (Å²) in [5.41, 5.74) is -0.167. The predicted molar refractivity (Wildman–Crippen MR) is 101 cm³/mol. The summed E-state index contributed by atoms with van der Waals surface area (Å²) in [6.07, 6.45) is 9.51. The predicted octanol–water partition coefficient (Wildman–Crippen LogP) is 2.94. The molecular formula is C21H26N2O5. The van der Waals surface area contributed by atoms with E-state index >= 15 is 0 Å². The van der Waals surface area contributed by atoms with Gasteiger partial charge < -0.3 is 14.5 Å². The summed E-state index contributed by atoms with van der Waals surface area (Å²) >= 11 is 0. The monoisotopic (exact) mass is 386 g/mol. The quantitative estimate of drug-likeness (QED) is 0.599. The highest BCUT2D eigenvalue weighted by Gasteiger charge is 2.51. The zero-order valence-electron chi connectivity index (χ0n) is 16.0. The van der Waals surface area contributed by atoms with Gasteiger partial charge in [0.05, 0.1) is 0 Å². The first-order valence-electron chi connectivity index (χ1n) is 9.92. The molecule has 5 rings (SSSR count). The Kier molecular flexibility index (Phi) is 5.00. The van der Waals surface area contributed by atoms with Crippen LogP contribution in [0.1, 0.15) is 50.0 Å². The van der Waals surface area contributed by atoms with Gasteiger partial charge in [-0.15, -0.1) is 0 Å². The number of urea groups is 1. The molecule has 4 aliphatic carbocycles. The molecule has 0 unspecified atom stereocenters. The molecule has 0 saturated heterocycles. The lowest BCUT2D eigenvalue weighted by atomic mass is 9.53. The Labute approximate surface area is 163 Å². The molecule has 1 heterocycles. The Morgan fingerprint density at radius 3 is 2.36 bits per heavy atom. The van der Waals surface area contributed by atoms with Crippen molar-refractivity contribution < 1.29 is 23.5 Å². The van der Waals surface area contributed by atoms with Crippen LogP contribution in [0.3, 0.4) is 0 Å². The van der Waals surface area contributed by atoms with Gasteiger partial charge in [0.1, 0.15) is 11.5 Å². The molecule has 4 saturated carbocycles. The van der Waals surface area contributed by atoms with Gasteiger partial charge in [0, 0.05) is 11.6 Å². The minimum Gasteiger partial charge on any atom is -0.462 e. The lowest BCUT2D eigenvalue weighted by Gasteiger charge is -2.56. The van der Waals surface area contributed by atoms with Gasteiger partial charge in [0.2, 0.25) is 0 Å². The number of nitrogens with one attached hydrogen (secondary N) is 2. The maximum atomic E-state index is 12.3. The fourth-order valence-electron chi connectivity index (χ4n) is 5.58. The van der Waals surface area contributed by atoms with E-state index in [4.69, 9.17) is 9.15 Å². The van der Waals surface area contributed by atoms with Crippen molar-refractivity contribution in [1.29, 1.82) is 0 Å². The molecular weight excluding hydrogens is 360 g/mol. The second kappa shape index (κ2) is 7.45. The summed E-state index contributed by atoms with van der Waals surface area (Å²) in [5.74, 6) is 2.05. The zero-order chi connectivity index (χ0) is 19.7. The minimum absolute atomic E-state index is 0.167. The van der Waals surface area contributed by atoms with Crippen LogP contribution in [0.15, 0.2) is 22.6 Å². The van der Waals surface area contributed by atoms with Gasteiger partial charge in [0.25, 0.3) is 5.91 Å². The van der Waals surface area contributed by atoms with Crippen LogP contribution in [-0.4, -0.2) is 30.1 Å². The number of rotatable bonds is 5.